The molecule has 1 fully saturated rings. The van der Waals surface area contributed by atoms with Gasteiger partial charge in [-0.3, -0.25) is 4.79 Å². The van der Waals surface area contributed by atoms with Crippen LogP contribution in [0.2, 0.25) is 19.6 Å². The zero-order valence-electron chi connectivity index (χ0n) is 8.96. The van der Waals surface area contributed by atoms with Gasteiger partial charge in [-0.15, -0.1) is 0 Å². The Morgan fingerprint density at radius 2 is 1.85 bits per heavy atom. The molecule has 1 aliphatic rings. The van der Waals surface area contributed by atoms with Crippen LogP contribution in [0.4, 0.5) is 0 Å². The minimum atomic E-state index is -1.51. The lowest BCUT2D eigenvalue weighted by Gasteiger charge is -2.16. The number of ether oxygens (including phenoxy) is 1. The fraction of sp³-hybridized carbons (Fsp3) is 0.889. The second-order valence-electron chi connectivity index (χ2n) is 4.60. The molecule has 4 heteroatoms. The van der Waals surface area contributed by atoms with E-state index in [1.807, 2.05) is 6.92 Å². The molecule has 1 aliphatic carbocycles. The number of hydrogen-bond donors (Lipinski definition) is 0. The van der Waals surface area contributed by atoms with Crippen LogP contribution in [0.15, 0.2) is 0 Å². The molecule has 0 aromatic rings. The van der Waals surface area contributed by atoms with Gasteiger partial charge in [-0.25, -0.2) is 0 Å². The van der Waals surface area contributed by atoms with E-state index < -0.39 is 8.32 Å². The molecular weight excluding hydrogens is 184 g/mol. The van der Waals surface area contributed by atoms with Gasteiger partial charge in [0, 0.05) is 0 Å². The number of carbonyl (C=O) groups is 1. The summed E-state index contributed by atoms with van der Waals surface area (Å²) in [6.45, 7) is 8.43. The summed E-state index contributed by atoms with van der Waals surface area (Å²) in [5, 5.41) is 0. The first kappa shape index (κ1) is 10.7. The number of rotatable bonds is 3. The Bertz CT molecular complexity index is 209. The third-order valence-electron chi connectivity index (χ3n) is 2.26. The minimum Gasteiger partial charge on any atom is -0.469 e. The predicted octanol–water partition coefficient (Wildman–Crippen LogP) is 1.65. The van der Waals surface area contributed by atoms with E-state index >= 15 is 0 Å². The van der Waals surface area contributed by atoms with Crippen LogP contribution < -0.4 is 0 Å². The van der Waals surface area contributed by atoms with E-state index in [2.05, 4.69) is 24.4 Å². The average Bonchev–Trinajstić information content (AvgIpc) is 2.57. The standard InChI is InChI=1S/C9H18O3Si/c1-6-7(9(10)11-2)8(6)12-13(3,4)5/h6-8H,1-5H3/t6-,7-,8+/m1/s1. The summed E-state index contributed by atoms with van der Waals surface area (Å²) in [5.41, 5.74) is 0. The van der Waals surface area contributed by atoms with Gasteiger partial charge in [0.15, 0.2) is 8.32 Å². The summed E-state index contributed by atoms with van der Waals surface area (Å²) in [6.07, 6.45) is 0.110. The molecule has 0 amide bonds. The second-order valence-corrected chi connectivity index (χ2v) is 9.06. The van der Waals surface area contributed by atoms with Gasteiger partial charge < -0.3 is 9.16 Å². The van der Waals surface area contributed by atoms with Gasteiger partial charge in [-0.2, -0.15) is 0 Å². The van der Waals surface area contributed by atoms with Crippen molar-refractivity contribution < 1.29 is 14.0 Å². The fourth-order valence-corrected chi connectivity index (χ4v) is 2.68. The smallest absolute Gasteiger partial charge is 0.311 e. The van der Waals surface area contributed by atoms with E-state index in [1.165, 1.54) is 7.11 Å². The van der Waals surface area contributed by atoms with Crippen molar-refractivity contribution in [3.63, 3.8) is 0 Å². The van der Waals surface area contributed by atoms with Gasteiger partial charge in [-0.05, 0) is 25.6 Å². The van der Waals surface area contributed by atoms with Crippen molar-refractivity contribution in [2.45, 2.75) is 32.7 Å². The maximum atomic E-state index is 11.2. The van der Waals surface area contributed by atoms with Crippen LogP contribution in [0.3, 0.4) is 0 Å². The lowest BCUT2D eigenvalue weighted by Crippen LogP contribution is -2.28. The molecule has 0 aromatic carbocycles. The van der Waals surface area contributed by atoms with Crippen molar-refractivity contribution in [1.82, 2.24) is 0 Å². The molecule has 0 bridgehead atoms. The van der Waals surface area contributed by atoms with Crippen LogP contribution in [-0.4, -0.2) is 27.5 Å². The molecule has 3 atom stereocenters. The lowest BCUT2D eigenvalue weighted by atomic mass is 10.3. The van der Waals surface area contributed by atoms with Crippen molar-refractivity contribution in [3.8, 4) is 0 Å². The Morgan fingerprint density at radius 3 is 2.23 bits per heavy atom. The molecule has 76 valence electrons. The number of methoxy groups -OCH3 is 1. The molecule has 1 rings (SSSR count). The molecule has 0 spiro atoms. The summed E-state index contributed by atoms with van der Waals surface area (Å²) in [5.74, 6) is 0.187. The number of carbonyl (C=O) groups excluding carboxylic acids is 1. The molecule has 1 saturated carbocycles. The normalized spacial score (nSPS) is 32.8. The number of hydrogen-bond acceptors (Lipinski definition) is 3. The van der Waals surface area contributed by atoms with Crippen molar-refractivity contribution in [3.05, 3.63) is 0 Å². The molecule has 13 heavy (non-hydrogen) atoms. The van der Waals surface area contributed by atoms with Gasteiger partial charge in [0.1, 0.15) is 0 Å². The molecular formula is C9H18O3Si. The van der Waals surface area contributed by atoms with Crippen molar-refractivity contribution in [1.29, 1.82) is 0 Å². The first-order chi connectivity index (χ1) is 5.87. The van der Waals surface area contributed by atoms with Crippen LogP contribution in [0.5, 0.6) is 0 Å². The monoisotopic (exact) mass is 202 g/mol. The third kappa shape index (κ3) is 2.54. The first-order valence-corrected chi connectivity index (χ1v) is 8.03. The number of esters is 1. The zero-order valence-corrected chi connectivity index (χ0v) is 9.96. The topological polar surface area (TPSA) is 35.5 Å². The molecule has 0 saturated heterocycles. The Labute approximate surface area is 80.5 Å². The molecule has 0 N–H and O–H groups in total. The molecule has 3 nitrogen and oxygen atoms in total. The van der Waals surface area contributed by atoms with Crippen molar-refractivity contribution in [2.75, 3.05) is 7.11 Å². The van der Waals surface area contributed by atoms with Crippen LogP contribution in [0, 0.1) is 11.8 Å². The van der Waals surface area contributed by atoms with E-state index in [0.717, 1.165) is 0 Å². The first-order valence-electron chi connectivity index (χ1n) is 4.62. The lowest BCUT2D eigenvalue weighted by molar-refractivity contribution is -0.143. The SMILES string of the molecule is COC(=O)[C@@H]1[C@@H](C)[C@@H]1O[Si](C)(C)C. The van der Waals surface area contributed by atoms with Crippen molar-refractivity contribution in [2.24, 2.45) is 11.8 Å². The highest BCUT2D eigenvalue weighted by Crippen LogP contribution is 2.43. The maximum Gasteiger partial charge on any atom is 0.311 e. The van der Waals surface area contributed by atoms with E-state index in [-0.39, 0.29) is 18.0 Å². The fourth-order valence-electron chi connectivity index (χ4n) is 1.50. The molecule has 0 unspecified atom stereocenters. The van der Waals surface area contributed by atoms with Crippen LogP contribution in [-0.2, 0) is 14.0 Å². The Balaban J connectivity index is 2.45. The third-order valence-corrected chi connectivity index (χ3v) is 3.24. The molecule has 0 radical (unpaired) electrons. The summed E-state index contributed by atoms with van der Waals surface area (Å²) in [6, 6.07) is 0. The highest BCUT2D eigenvalue weighted by Gasteiger charge is 2.54. The Morgan fingerprint density at radius 1 is 1.31 bits per heavy atom. The van der Waals surface area contributed by atoms with Gasteiger partial charge in [-0.1, -0.05) is 6.92 Å². The van der Waals surface area contributed by atoms with E-state index in [1.54, 1.807) is 0 Å². The second kappa shape index (κ2) is 3.42. The quantitative estimate of drug-likeness (QED) is 0.515. The van der Waals surface area contributed by atoms with Gasteiger partial charge in [0.05, 0.1) is 19.1 Å². The molecule has 0 heterocycles. The minimum absolute atomic E-state index is 0.0169. The van der Waals surface area contributed by atoms with Gasteiger partial charge in [0.25, 0.3) is 0 Å². The van der Waals surface area contributed by atoms with E-state index in [4.69, 9.17) is 4.43 Å². The van der Waals surface area contributed by atoms with Crippen LogP contribution in [0.25, 0.3) is 0 Å². The molecule has 0 aromatic heterocycles. The summed E-state index contributed by atoms with van der Waals surface area (Å²) < 4.78 is 10.5. The highest BCUT2D eigenvalue weighted by atomic mass is 28.4. The average molecular weight is 202 g/mol. The van der Waals surface area contributed by atoms with E-state index in [0.29, 0.717) is 5.92 Å². The highest BCUT2D eigenvalue weighted by molar-refractivity contribution is 6.69. The predicted molar refractivity (Wildman–Crippen MR) is 52.9 cm³/mol. The Hall–Kier alpha value is -0.353. The van der Waals surface area contributed by atoms with E-state index in [9.17, 15) is 4.79 Å². The summed E-state index contributed by atoms with van der Waals surface area (Å²) >= 11 is 0. The maximum absolute atomic E-state index is 11.2. The summed E-state index contributed by atoms with van der Waals surface area (Å²) in [4.78, 5) is 11.2. The van der Waals surface area contributed by atoms with Gasteiger partial charge >= 0.3 is 5.97 Å². The van der Waals surface area contributed by atoms with Gasteiger partial charge in [0.2, 0.25) is 0 Å². The molecule has 0 aliphatic heterocycles. The van der Waals surface area contributed by atoms with Crippen LogP contribution >= 0.6 is 0 Å². The largest absolute Gasteiger partial charge is 0.469 e. The van der Waals surface area contributed by atoms with Crippen molar-refractivity contribution >= 4 is 14.3 Å². The zero-order chi connectivity index (χ0) is 10.2. The summed E-state index contributed by atoms with van der Waals surface area (Å²) in [7, 11) is -0.0783. The van der Waals surface area contributed by atoms with Crippen LogP contribution in [0.1, 0.15) is 6.92 Å². The Kier molecular flexibility index (Phi) is 2.82.